The van der Waals surface area contributed by atoms with E-state index in [0.29, 0.717) is 24.7 Å². The molecule has 1 aromatic carbocycles. The number of amides is 2. The fourth-order valence-electron chi connectivity index (χ4n) is 2.78. The van der Waals surface area contributed by atoms with Crippen LogP contribution in [-0.4, -0.2) is 35.0 Å². The van der Waals surface area contributed by atoms with Gasteiger partial charge in [-0.2, -0.15) is 0 Å². The first-order chi connectivity index (χ1) is 11.0. The largest absolute Gasteiger partial charge is 0.360 e. The number of hydrogen-bond donors (Lipinski definition) is 0. The van der Waals surface area contributed by atoms with Crippen LogP contribution in [0, 0.1) is 6.92 Å². The normalized spacial score (nSPS) is 13.6. The molecule has 6 heteroatoms. The molecule has 0 bridgehead atoms. The zero-order valence-electron chi connectivity index (χ0n) is 13.3. The standard InChI is InChI=1S/C17H19N3O3/c1-12-9-16(18-23-12)20(13(2)21)11-17(22)19-8-7-14-5-3-4-6-15(14)10-19/h3-6,9H,7-8,10-11H2,1-2H3. The van der Waals surface area contributed by atoms with Crippen LogP contribution in [0.15, 0.2) is 34.9 Å². The van der Waals surface area contributed by atoms with Crippen molar-refractivity contribution in [3.8, 4) is 0 Å². The lowest BCUT2D eigenvalue weighted by Crippen LogP contribution is -2.44. The van der Waals surface area contributed by atoms with E-state index in [4.69, 9.17) is 4.52 Å². The lowest BCUT2D eigenvalue weighted by atomic mass is 10.00. The fourth-order valence-corrected chi connectivity index (χ4v) is 2.78. The van der Waals surface area contributed by atoms with Crippen LogP contribution in [0.1, 0.15) is 23.8 Å². The molecule has 2 heterocycles. The summed E-state index contributed by atoms with van der Waals surface area (Å²) in [4.78, 5) is 27.5. The first-order valence-electron chi connectivity index (χ1n) is 7.60. The predicted molar refractivity (Wildman–Crippen MR) is 84.8 cm³/mol. The number of carbonyl (C=O) groups is 2. The van der Waals surface area contributed by atoms with Gasteiger partial charge >= 0.3 is 0 Å². The van der Waals surface area contributed by atoms with Crippen molar-refractivity contribution >= 4 is 17.6 Å². The number of benzene rings is 1. The number of anilines is 1. The van der Waals surface area contributed by atoms with Gasteiger partial charge in [-0.05, 0) is 24.5 Å². The van der Waals surface area contributed by atoms with E-state index >= 15 is 0 Å². The molecular weight excluding hydrogens is 294 g/mol. The van der Waals surface area contributed by atoms with Gasteiger partial charge in [-0.1, -0.05) is 29.4 Å². The third kappa shape index (κ3) is 3.26. The van der Waals surface area contributed by atoms with Gasteiger partial charge < -0.3 is 9.42 Å². The van der Waals surface area contributed by atoms with Crippen molar-refractivity contribution in [1.82, 2.24) is 10.1 Å². The van der Waals surface area contributed by atoms with Crippen LogP contribution in [0.25, 0.3) is 0 Å². The second-order valence-corrected chi connectivity index (χ2v) is 5.73. The number of aromatic nitrogens is 1. The highest BCUT2D eigenvalue weighted by Gasteiger charge is 2.25. The Morgan fingerprint density at radius 3 is 2.70 bits per heavy atom. The van der Waals surface area contributed by atoms with Crippen molar-refractivity contribution in [3.05, 3.63) is 47.2 Å². The molecule has 6 nitrogen and oxygen atoms in total. The van der Waals surface area contributed by atoms with E-state index in [1.165, 1.54) is 23.0 Å². The molecule has 1 aromatic heterocycles. The van der Waals surface area contributed by atoms with Crippen LogP contribution in [-0.2, 0) is 22.6 Å². The molecule has 3 rings (SSSR count). The maximum atomic E-state index is 12.6. The predicted octanol–water partition coefficient (Wildman–Crippen LogP) is 1.92. The minimum atomic E-state index is -0.232. The molecule has 23 heavy (non-hydrogen) atoms. The Morgan fingerprint density at radius 2 is 2.04 bits per heavy atom. The van der Waals surface area contributed by atoms with E-state index in [9.17, 15) is 9.59 Å². The van der Waals surface area contributed by atoms with Gasteiger partial charge in [0.05, 0.1) is 0 Å². The Bertz CT molecular complexity index is 738. The summed E-state index contributed by atoms with van der Waals surface area (Å²) < 4.78 is 5.00. The molecular formula is C17H19N3O3. The van der Waals surface area contributed by atoms with E-state index in [-0.39, 0.29) is 18.4 Å². The Kier molecular flexibility index (Phi) is 4.14. The minimum absolute atomic E-state index is 0.0243. The molecule has 0 unspecified atom stereocenters. The molecule has 1 aliphatic heterocycles. The van der Waals surface area contributed by atoms with Crippen LogP contribution in [0.4, 0.5) is 5.82 Å². The summed E-state index contributed by atoms with van der Waals surface area (Å²) in [5.41, 5.74) is 2.45. The fraction of sp³-hybridized carbons (Fsp3) is 0.353. The Balaban J connectivity index is 1.72. The summed E-state index contributed by atoms with van der Waals surface area (Å²) in [6.07, 6.45) is 0.838. The van der Waals surface area contributed by atoms with E-state index in [1.54, 1.807) is 17.9 Å². The number of rotatable bonds is 3. The summed E-state index contributed by atoms with van der Waals surface area (Å²) >= 11 is 0. The van der Waals surface area contributed by atoms with Gasteiger partial charge in [0.1, 0.15) is 12.3 Å². The van der Waals surface area contributed by atoms with Gasteiger partial charge in [0, 0.05) is 26.1 Å². The van der Waals surface area contributed by atoms with Gasteiger partial charge in [0.15, 0.2) is 5.82 Å². The van der Waals surface area contributed by atoms with E-state index in [2.05, 4.69) is 11.2 Å². The zero-order valence-corrected chi connectivity index (χ0v) is 13.3. The molecule has 2 amide bonds. The second-order valence-electron chi connectivity index (χ2n) is 5.73. The molecule has 0 saturated heterocycles. The molecule has 0 N–H and O–H groups in total. The third-order valence-electron chi connectivity index (χ3n) is 4.05. The van der Waals surface area contributed by atoms with Gasteiger partial charge in [0.2, 0.25) is 11.8 Å². The van der Waals surface area contributed by atoms with Crippen molar-refractivity contribution in [1.29, 1.82) is 0 Å². The van der Waals surface area contributed by atoms with Gasteiger partial charge in [-0.15, -0.1) is 0 Å². The lowest BCUT2D eigenvalue weighted by Gasteiger charge is -2.30. The number of hydrogen-bond acceptors (Lipinski definition) is 4. The SMILES string of the molecule is CC(=O)N(CC(=O)N1CCc2ccccc2C1)c1cc(C)on1. The molecule has 0 saturated carbocycles. The number of aryl methyl sites for hydroxylation is 1. The smallest absolute Gasteiger partial charge is 0.243 e. The monoisotopic (exact) mass is 313 g/mol. The number of fused-ring (bicyclic) bond motifs is 1. The van der Waals surface area contributed by atoms with Crippen molar-refractivity contribution < 1.29 is 14.1 Å². The Labute approximate surface area is 134 Å². The molecule has 0 fully saturated rings. The molecule has 0 aliphatic carbocycles. The maximum Gasteiger partial charge on any atom is 0.243 e. The molecule has 2 aromatic rings. The van der Waals surface area contributed by atoms with Crippen LogP contribution in [0.5, 0.6) is 0 Å². The third-order valence-corrected chi connectivity index (χ3v) is 4.05. The van der Waals surface area contributed by atoms with Crippen LogP contribution in [0.2, 0.25) is 0 Å². The van der Waals surface area contributed by atoms with E-state index in [1.807, 2.05) is 18.2 Å². The average molecular weight is 313 g/mol. The minimum Gasteiger partial charge on any atom is -0.360 e. The quantitative estimate of drug-likeness (QED) is 0.868. The summed E-state index contributed by atoms with van der Waals surface area (Å²) in [7, 11) is 0. The first-order valence-corrected chi connectivity index (χ1v) is 7.60. The van der Waals surface area contributed by atoms with Crippen molar-refractivity contribution in [2.24, 2.45) is 0 Å². The highest BCUT2D eigenvalue weighted by atomic mass is 16.5. The summed E-state index contributed by atoms with van der Waals surface area (Å²) in [6.45, 7) is 4.39. The number of carbonyl (C=O) groups excluding carboxylic acids is 2. The van der Waals surface area contributed by atoms with E-state index < -0.39 is 0 Å². The lowest BCUT2D eigenvalue weighted by molar-refractivity contribution is -0.132. The first kappa shape index (κ1) is 15.3. The highest BCUT2D eigenvalue weighted by Crippen LogP contribution is 2.20. The Morgan fingerprint density at radius 1 is 1.30 bits per heavy atom. The summed E-state index contributed by atoms with van der Waals surface area (Å²) in [6, 6.07) is 9.78. The number of nitrogens with zero attached hydrogens (tertiary/aromatic N) is 3. The maximum absolute atomic E-state index is 12.6. The summed E-state index contributed by atoms with van der Waals surface area (Å²) in [5, 5.41) is 3.83. The van der Waals surface area contributed by atoms with Gasteiger partial charge in [-0.3, -0.25) is 14.5 Å². The van der Waals surface area contributed by atoms with Crippen molar-refractivity contribution in [3.63, 3.8) is 0 Å². The zero-order chi connectivity index (χ0) is 16.4. The molecule has 0 radical (unpaired) electrons. The van der Waals surface area contributed by atoms with Gasteiger partial charge in [0.25, 0.3) is 0 Å². The van der Waals surface area contributed by atoms with Gasteiger partial charge in [-0.25, -0.2) is 0 Å². The highest BCUT2D eigenvalue weighted by molar-refractivity contribution is 5.96. The second kappa shape index (κ2) is 6.24. The van der Waals surface area contributed by atoms with Crippen molar-refractivity contribution in [2.75, 3.05) is 18.0 Å². The van der Waals surface area contributed by atoms with Crippen LogP contribution < -0.4 is 4.90 Å². The topological polar surface area (TPSA) is 66.7 Å². The van der Waals surface area contributed by atoms with Crippen LogP contribution >= 0.6 is 0 Å². The molecule has 120 valence electrons. The van der Waals surface area contributed by atoms with Crippen LogP contribution in [0.3, 0.4) is 0 Å². The summed E-state index contributed by atoms with van der Waals surface area (Å²) in [5.74, 6) is 0.658. The van der Waals surface area contributed by atoms with Crippen molar-refractivity contribution in [2.45, 2.75) is 26.8 Å². The average Bonchev–Trinajstić information content (AvgIpc) is 2.97. The molecule has 0 spiro atoms. The molecule has 0 atom stereocenters. The molecule has 1 aliphatic rings. The Hall–Kier alpha value is -2.63. The van der Waals surface area contributed by atoms with E-state index in [0.717, 1.165) is 6.42 Å².